The Morgan fingerprint density at radius 2 is 2.38 bits per heavy atom. The Morgan fingerprint density at radius 3 is 3.00 bits per heavy atom. The highest BCUT2D eigenvalue weighted by molar-refractivity contribution is 5.29. The van der Waals surface area contributed by atoms with E-state index in [9.17, 15) is 0 Å². The predicted molar refractivity (Wildman–Crippen MR) is 55.5 cm³/mol. The monoisotopic (exact) mass is 175 g/mol. The lowest BCUT2D eigenvalue weighted by Crippen LogP contribution is -2.35. The van der Waals surface area contributed by atoms with E-state index in [0.29, 0.717) is 12.0 Å². The topological polar surface area (TPSA) is 12.0 Å². The average Bonchev–Trinajstić information content (AvgIpc) is 2.20. The fourth-order valence-corrected chi connectivity index (χ4v) is 1.92. The molecule has 1 nitrogen and oxygen atoms in total. The molecule has 2 atom stereocenters. The molecular weight excluding hydrogens is 158 g/mol. The quantitative estimate of drug-likeness (QED) is 0.603. The van der Waals surface area contributed by atoms with Crippen LogP contribution in [0.4, 0.5) is 0 Å². The Balaban J connectivity index is 2.08. The van der Waals surface area contributed by atoms with E-state index >= 15 is 0 Å². The maximum absolute atomic E-state index is 3.53. The van der Waals surface area contributed by atoms with Crippen LogP contribution in [-0.2, 0) is 0 Å². The zero-order valence-electron chi connectivity index (χ0n) is 8.22. The molecule has 1 aliphatic heterocycles. The van der Waals surface area contributed by atoms with Gasteiger partial charge in [-0.2, -0.15) is 0 Å². The van der Waals surface area contributed by atoms with Gasteiger partial charge in [0.05, 0.1) is 0 Å². The second-order valence-electron chi connectivity index (χ2n) is 3.99. The van der Waals surface area contributed by atoms with Gasteiger partial charge < -0.3 is 5.32 Å². The summed E-state index contributed by atoms with van der Waals surface area (Å²) in [7, 11) is 0. The van der Waals surface area contributed by atoms with Crippen LogP contribution in [0.3, 0.4) is 0 Å². The minimum Gasteiger partial charge on any atom is -0.309 e. The van der Waals surface area contributed by atoms with Gasteiger partial charge in [-0.05, 0) is 31.4 Å². The summed E-state index contributed by atoms with van der Waals surface area (Å²) in [5.41, 5.74) is 4.73. The number of piperidine rings is 1. The summed E-state index contributed by atoms with van der Waals surface area (Å²) in [4.78, 5) is 0. The summed E-state index contributed by atoms with van der Waals surface area (Å²) in [6, 6.07) is 0.564. The van der Waals surface area contributed by atoms with E-state index in [0.717, 1.165) is 0 Å². The molecule has 0 amide bonds. The van der Waals surface area contributed by atoms with Crippen molar-refractivity contribution in [3.63, 3.8) is 0 Å². The third kappa shape index (κ3) is 2.12. The van der Waals surface area contributed by atoms with Crippen molar-refractivity contribution in [2.75, 3.05) is 6.54 Å². The molecule has 1 heteroatoms. The van der Waals surface area contributed by atoms with Crippen LogP contribution in [0.5, 0.6) is 0 Å². The van der Waals surface area contributed by atoms with Crippen molar-refractivity contribution >= 4 is 0 Å². The lowest BCUT2D eigenvalue weighted by Gasteiger charge is -2.24. The molecule has 0 aromatic rings. The van der Waals surface area contributed by atoms with E-state index < -0.39 is 0 Å². The number of hydrogen-bond donors (Lipinski definition) is 1. The number of allylic oxidation sites excluding steroid dienone is 1. The van der Waals surface area contributed by atoms with Gasteiger partial charge in [0, 0.05) is 11.6 Å². The van der Waals surface area contributed by atoms with Crippen molar-refractivity contribution in [3.8, 4) is 0 Å². The van der Waals surface area contributed by atoms with Crippen molar-refractivity contribution in [1.29, 1.82) is 0 Å². The molecule has 2 rings (SSSR count). The normalized spacial score (nSPS) is 33.2. The van der Waals surface area contributed by atoms with E-state index in [1.807, 2.05) is 0 Å². The smallest absolute Gasteiger partial charge is 0.0393 e. The standard InChI is InChI=1S/C12H17N/c1-10-5-7-11(8-6-10)12-4-2-3-9-13-12/h5-7,10,12-13H,2-4,9H2,1H3. The van der Waals surface area contributed by atoms with E-state index in [1.54, 1.807) is 0 Å². The number of nitrogens with one attached hydrogen (secondary N) is 1. The van der Waals surface area contributed by atoms with Crippen LogP contribution < -0.4 is 5.32 Å². The summed E-state index contributed by atoms with van der Waals surface area (Å²) >= 11 is 0. The largest absolute Gasteiger partial charge is 0.309 e. The summed E-state index contributed by atoms with van der Waals surface area (Å²) in [5, 5.41) is 3.53. The SMILES string of the molecule is CC1C=C=C(C2CCCCN2)C=C1. The van der Waals surface area contributed by atoms with Crippen LogP contribution in [-0.4, -0.2) is 12.6 Å². The van der Waals surface area contributed by atoms with E-state index in [2.05, 4.69) is 36.2 Å². The van der Waals surface area contributed by atoms with E-state index in [1.165, 1.54) is 31.4 Å². The molecule has 0 aromatic heterocycles. The van der Waals surface area contributed by atoms with Crippen LogP contribution in [0.1, 0.15) is 26.2 Å². The first kappa shape index (κ1) is 8.80. The van der Waals surface area contributed by atoms with Crippen LogP contribution in [0, 0.1) is 5.92 Å². The maximum Gasteiger partial charge on any atom is 0.0393 e. The molecule has 1 aliphatic carbocycles. The van der Waals surface area contributed by atoms with Gasteiger partial charge in [-0.25, -0.2) is 0 Å². The fourth-order valence-electron chi connectivity index (χ4n) is 1.92. The van der Waals surface area contributed by atoms with Gasteiger partial charge in [0.25, 0.3) is 0 Å². The number of rotatable bonds is 1. The highest BCUT2D eigenvalue weighted by Gasteiger charge is 2.15. The van der Waals surface area contributed by atoms with Crippen LogP contribution in [0.25, 0.3) is 0 Å². The molecule has 0 aromatic carbocycles. The van der Waals surface area contributed by atoms with E-state index in [-0.39, 0.29) is 0 Å². The van der Waals surface area contributed by atoms with Gasteiger partial charge in [-0.15, -0.1) is 5.73 Å². The molecule has 1 heterocycles. The first-order valence-corrected chi connectivity index (χ1v) is 5.24. The lowest BCUT2D eigenvalue weighted by molar-refractivity contribution is 0.444. The van der Waals surface area contributed by atoms with Crippen molar-refractivity contribution in [2.24, 2.45) is 5.92 Å². The predicted octanol–water partition coefficient (Wildman–Crippen LogP) is 2.42. The van der Waals surface area contributed by atoms with Crippen LogP contribution in [0.2, 0.25) is 0 Å². The van der Waals surface area contributed by atoms with Crippen LogP contribution in [0.15, 0.2) is 29.5 Å². The lowest BCUT2D eigenvalue weighted by atomic mass is 9.94. The Hall–Kier alpha value is -0.780. The Bertz CT molecular complexity index is 263. The highest BCUT2D eigenvalue weighted by Crippen LogP contribution is 2.18. The number of hydrogen-bond acceptors (Lipinski definition) is 1. The van der Waals surface area contributed by atoms with Crippen molar-refractivity contribution in [3.05, 3.63) is 29.5 Å². The summed E-state index contributed by atoms with van der Waals surface area (Å²) < 4.78 is 0. The van der Waals surface area contributed by atoms with E-state index in [4.69, 9.17) is 0 Å². The zero-order valence-corrected chi connectivity index (χ0v) is 8.22. The summed E-state index contributed by atoms with van der Waals surface area (Å²) in [6.45, 7) is 3.35. The van der Waals surface area contributed by atoms with Gasteiger partial charge in [0.15, 0.2) is 0 Å². The molecule has 0 spiro atoms. The Labute approximate surface area is 80.2 Å². The summed E-state index contributed by atoms with van der Waals surface area (Å²) in [6.07, 6.45) is 10.6. The van der Waals surface area contributed by atoms with Gasteiger partial charge in [0.1, 0.15) is 0 Å². The molecule has 2 aliphatic rings. The molecule has 0 radical (unpaired) electrons. The Morgan fingerprint density at radius 1 is 1.46 bits per heavy atom. The maximum atomic E-state index is 3.53. The molecule has 70 valence electrons. The van der Waals surface area contributed by atoms with Gasteiger partial charge >= 0.3 is 0 Å². The highest BCUT2D eigenvalue weighted by atomic mass is 14.9. The first-order chi connectivity index (χ1) is 6.36. The Kier molecular flexibility index (Phi) is 2.68. The van der Waals surface area contributed by atoms with Crippen molar-refractivity contribution in [2.45, 2.75) is 32.2 Å². The van der Waals surface area contributed by atoms with Crippen molar-refractivity contribution < 1.29 is 0 Å². The molecule has 2 unspecified atom stereocenters. The average molecular weight is 175 g/mol. The fraction of sp³-hybridized carbons (Fsp3) is 0.583. The molecular formula is C12H17N. The molecule has 1 fully saturated rings. The third-order valence-corrected chi connectivity index (χ3v) is 2.78. The second kappa shape index (κ2) is 3.95. The van der Waals surface area contributed by atoms with Crippen LogP contribution >= 0.6 is 0 Å². The zero-order chi connectivity index (χ0) is 9.10. The summed E-state index contributed by atoms with van der Waals surface area (Å²) in [5.74, 6) is 0.562. The molecule has 0 saturated carbocycles. The minimum absolute atomic E-state index is 0.562. The molecule has 1 N–H and O–H groups in total. The van der Waals surface area contributed by atoms with Gasteiger partial charge in [0.2, 0.25) is 0 Å². The third-order valence-electron chi connectivity index (χ3n) is 2.78. The van der Waals surface area contributed by atoms with Gasteiger partial charge in [-0.3, -0.25) is 0 Å². The molecule has 13 heavy (non-hydrogen) atoms. The van der Waals surface area contributed by atoms with Gasteiger partial charge in [-0.1, -0.05) is 25.5 Å². The first-order valence-electron chi connectivity index (χ1n) is 5.24. The van der Waals surface area contributed by atoms with Crippen molar-refractivity contribution in [1.82, 2.24) is 5.32 Å². The molecule has 1 saturated heterocycles. The second-order valence-corrected chi connectivity index (χ2v) is 3.99. The molecule has 0 bridgehead atoms. The minimum atomic E-state index is 0.562.